The number of carbonyl (C=O) groups is 1. The van der Waals surface area contributed by atoms with Crippen LogP contribution in [-0.4, -0.2) is 94.8 Å². The summed E-state index contributed by atoms with van der Waals surface area (Å²) in [6.45, 7) is 5.74. The van der Waals surface area contributed by atoms with Crippen LogP contribution in [0.5, 0.6) is 5.75 Å². The van der Waals surface area contributed by atoms with E-state index in [0.29, 0.717) is 34.5 Å². The molecule has 1 aromatic heterocycles. The van der Waals surface area contributed by atoms with Crippen LogP contribution < -0.4 is 10.3 Å². The van der Waals surface area contributed by atoms with Crippen molar-refractivity contribution in [2.75, 3.05) is 52.6 Å². The summed E-state index contributed by atoms with van der Waals surface area (Å²) < 4.78 is 14.0. The van der Waals surface area contributed by atoms with Crippen LogP contribution in [0.4, 0.5) is 0 Å². The first-order valence-corrected chi connectivity index (χ1v) is 14.9. The van der Waals surface area contributed by atoms with Crippen LogP contribution in [0.1, 0.15) is 35.2 Å². The number of hydrogen-bond acceptors (Lipinski definition) is 8. The second-order valence-electron chi connectivity index (χ2n) is 10.6. The van der Waals surface area contributed by atoms with Gasteiger partial charge in [-0.05, 0) is 55.6 Å². The van der Waals surface area contributed by atoms with Crippen LogP contribution in [0.2, 0.25) is 0 Å². The summed E-state index contributed by atoms with van der Waals surface area (Å²) in [6, 6.07) is 11.3. The number of likely N-dealkylation sites (tertiary alicyclic amines) is 1. The molecule has 3 aliphatic rings. The Hall–Kier alpha value is -2.92. The second-order valence-corrected chi connectivity index (χ2v) is 11.4. The number of rotatable bonds is 4. The quantitative estimate of drug-likeness (QED) is 0.496. The van der Waals surface area contributed by atoms with Gasteiger partial charge in [0, 0.05) is 63.8 Å². The lowest BCUT2D eigenvalue weighted by molar-refractivity contribution is 0.0285. The number of nitrogens with one attached hydrogen (secondary N) is 1. The van der Waals surface area contributed by atoms with E-state index in [2.05, 4.69) is 20.9 Å². The molecular weight excluding hydrogens is 514 g/mol. The minimum absolute atomic E-state index is 0.0121. The van der Waals surface area contributed by atoms with Gasteiger partial charge in [0.1, 0.15) is 23.1 Å². The maximum Gasteiger partial charge on any atom is 0.274 e. The number of ether oxygens (including phenoxy) is 2. The highest BCUT2D eigenvalue weighted by atomic mass is 32.2. The van der Waals surface area contributed by atoms with Crippen molar-refractivity contribution in [3.05, 3.63) is 57.9 Å². The summed E-state index contributed by atoms with van der Waals surface area (Å²) in [7, 11) is 1.78. The number of carbonyl (C=O) groups excluding carboxylic acids is 1. The Kier molecular flexibility index (Phi) is 7.61. The molecule has 0 spiro atoms. The Bertz CT molecular complexity index is 1430. The van der Waals surface area contributed by atoms with Crippen molar-refractivity contribution in [3.8, 4) is 17.0 Å². The highest BCUT2D eigenvalue weighted by Gasteiger charge is 2.28. The molecule has 3 aliphatic heterocycles. The summed E-state index contributed by atoms with van der Waals surface area (Å²) in [5.74, 6) is 0.627. The molecule has 39 heavy (non-hydrogen) atoms. The molecule has 3 unspecified atom stereocenters. The minimum atomic E-state index is -0.286. The predicted octanol–water partition coefficient (Wildman–Crippen LogP) is 3.39. The number of H-pyrrole nitrogens is 1. The van der Waals surface area contributed by atoms with E-state index in [1.807, 2.05) is 24.5 Å². The maximum absolute atomic E-state index is 13.3. The Morgan fingerprint density at radius 1 is 1.08 bits per heavy atom. The van der Waals surface area contributed by atoms with E-state index >= 15 is 0 Å². The van der Waals surface area contributed by atoms with Crippen molar-refractivity contribution < 1.29 is 14.3 Å². The predicted molar refractivity (Wildman–Crippen MR) is 153 cm³/mol. The minimum Gasteiger partial charge on any atom is -0.487 e. The van der Waals surface area contributed by atoms with Gasteiger partial charge in [-0.25, -0.2) is 4.98 Å². The zero-order valence-corrected chi connectivity index (χ0v) is 23.3. The van der Waals surface area contributed by atoms with E-state index in [-0.39, 0.29) is 29.4 Å². The molecule has 10 heteroatoms. The van der Waals surface area contributed by atoms with Crippen LogP contribution in [0.3, 0.4) is 0 Å². The van der Waals surface area contributed by atoms with Gasteiger partial charge in [-0.15, -0.1) is 0 Å². The molecule has 9 nitrogen and oxygen atoms in total. The fraction of sp³-hybridized carbons (Fsp3) is 0.483. The van der Waals surface area contributed by atoms with E-state index in [4.69, 9.17) is 14.5 Å². The third-order valence-electron chi connectivity index (χ3n) is 8.00. The summed E-state index contributed by atoms with van der Waals surface area (Å²) in [5.41, 5.74) is 3.53. The molecule has 3 aromatic rings. The van der Waals surface area contributed by atoms with Gasteiger partial charge in [0.2, 0.25) is 0 Å². The third kappa shape index (κ3) is 5.56. The Morgan fingerprint density at radius 3 is 2.79 bits per heavy atom. The van der Waals surface area contributed by atoms with Gasteiger partial charge in [-0.1, -0.05) is 24.1 Å². The first-order valence-electron chi connectivity index (χ1n) is 13.7. The number of piperidine rings is 1. The molecule has 0 radical (unpaired) electrons. The summed E-state index contributed by atoms with van der Waals surface area (Å²) >= 11 is 1.42. The fourth-order valence-electron chi connectivity index (χ4n) is 5.93. The average Bonchev–Trinajstić information content (AvgIpc) is 3.39. The number of amides is 1. The van der Waals surface area contributed by atoms with E-state index in [1.165, 1.54) is 11.9 Å². The molecule has 2 aromatic carbocycles. The largest absolute Gasteiger partial charge is 0.487 e. The fourth-order valence-corrected chi connectivity index (χ4v) is 6.47. The van der Waals surface area contributed by atoms with Crippen molar-refractivity contribution >= 4 is 28.9 Å². The normalized spacial score (nSPS) is 24.0. The van der Waals surface area contributed by atoms with Crippen LogP contribution in [0.15, 0.2) is 41.2 Å². The standard InChI is InChI=1S/C29H35N5O4S/c1-37-22-7-4-9-33(17-22)16-19-13-24-27-25(14-19)38-23-8-10-32(18-23)11-12-34(39-2)29(36)21-6-3-5-20(15-21)26(31-27)28(35)30-24/h3,5-6,13-15,22-23H,4,7-12,16-18H2,1-2H3,(H,30,35). The average molecular weight is 550 g/mol. The van der Waals surface area contributed by atoms with E-state index in [0.717, 1.165) is 64.1 Å². The lowest BCUT2D eigenvalue weighted by atomic mass is 10.1. The number of nitrogens with zero attached hydrogens (tertiary/aromatic N) is 4. The van der Waals surface area contributed by atoms with Gasteiger partial charge >= 0.3 is 0 Å². The third-order valence-corrected chi connectivity index (χ3v) is 8.78. The van der Waals surface area contributed by atoms with Crippen molar-refractivity contribution in [3.63, 3.8) is 0 Å². The summed E-state index contributed by atoms with van der Waals surface area (Å²) in [5, 5.41) is 0. The molecule has 3 atom stereocenters. The number of benzene rings is 2. The zero-order chi connectivity index (χ0) is 26.9. The number of aromatic nitrogens is 2. The van der Waals surface area contributed by atoms with E-state index < -0.39 is 0 Å². The van der Waals surface area contributed by atoms with Crippen LogP contribution in [-0.2, 0) is 11.3 Å². The highest BCUT2D eigenvalue weighted by Crippen LogP contribution is 2.30. The van der Waals surface area contributed by atoms with E-state index in [9.17, 15) is 9.59 Å². The molecule has 6 rings (SSSR count). The van der Waals surface area contributed by atoms with Crippen molar-refractivity contribution in [1.29, 1.82) is 0 Å². The van der Waals surface area contributed by atoms with Gasteiger partial charge < -0.3 is 14.5 Å². The molecule has 206 valence electrons. The first kappa shape index (κ1) is 26.3. The first-order chi connectivity index (χ1) is 19.0. The number of fused-ring (bicyclic) bond motifs is 6. The molecule has 2 saturated heterocycles. The van der Waals surface area contributed by atoms with Gasteiger partial charge in [0.05, 0.1) is 11.6 Å². The van der Waals surface area contributed by atoms with Gasteiger partial charge in [-0.2, -0.15) is 0 Å². The molecule has 4 heterocycles. The summed E-state index contributed by atoms with van der Waals surface area (Å²) in [6.07, 6.45) is 5.26. The van der Waals surface area contributed by atoms with E-state index in [1.54, 1.807) is 23.5 Å². The SMILES string of the molecule is COC1CCCN(Cc2cc3c4nc(c(=O)[nH]c4c2)-c2cccc(c2)C(=O)N(SC)CCN2CCC(C2)O3)C1. The van der Waals surface area contributed by atoms with Crippen LogP contribution in [0.25, 0.3) is 22.3 Å². The lowest BCUT2D eigenvalue weighted by Gasteiger charge is -2.32. The number of methoxy groups -OCH3 is 1. The van der Waals surface area contributed by atoms with Gasteiger partial charge in [0.15, 0.2) is 0 Å². The monoisotopic (exact) mass is 549 g/mol. The second kappa shape index (κ2) is 11.3. The molecular formula is C29H35N5O4S. The van der Waals surface area contributed by atoms with Gasteiger partial charge in [-0.3, -0.25) is 23.7 Å². The van der Waals surface area contributed by atoms with Crippen LogP contribution in [0, 0.1) is 0 Å². The highest BCUT2D eigenvalue weighted by molar-refractivity contribution is 7.96. The molecule has 1 N–H and O–H groups in total. The van der Waals surface area contributed by atoms with Crippen molar-refractivity contribution in [2.45, 2.75) is 38.0 Å². The Morgan fingerprint density at radius 2 is 1.95 bits per heavy atom. The molecule has 0 saturated carbocycles. The zero-order valence-electron chi connectivity index (χ0n) is 22.5. The molecule has 6 bridgehead atoms. The number of hydrogen-bond donors (Lipinski definition) is 1. The van der Waals surface area contributed by atoms with Crippen LogP contribution >= 0.6 is 11.9 Å². The Labute approximate surface area is 232 Å². The Balaban J connectivity index is 1.44. The molecule has 1 amide bonds. The lowest BCUT2D eigenvalue weighted by Crippen LogP contribution is -2.38. The van der Waals surface area contributed by atoms with Crippen molar-refractivity contribution in [1.82, 2.24) is 24.1 Å². The van der Waals surface area contributed by atoms with Gasteiger partial charge in [0.25, 0.3) is 11.5 Å². The molecule has 0 aliphatic carbocycles. The summed E-state index contributed by atoms with van der Waals surface area (Å²) in [4.78, 5) is 39.3. The molecule has 2 fully saturated rings. The topological polar surface area (TPSA) is 91.0 Å². The number of aromatic amines is 1. The van der Waals surface area contributed by atoms with Crippen molar-refractivity contribution in [2.24, 2.45) is 0 Å². The maximum atomic E-state index is 13.3. The smallest absolute Gasteiger partial charge is 0.274 e.